The first-order valence-corrected chi connectivity index (χ1v) is 8.27. The van der Waals surface area contributed by atoms with E-state index in [4.69, 9.17) is 0 Å². The van der Waals surface area contributed by atoms with Gasteiger partial charge in [0.25, 0.3) is 0 Å². The topological polar surface area (TPSA) is 37.3 Å². The van der Waals surface area contributed by atoms with E-state index in [1.165, 1.54) is 5.57 Å². The summed E-state index contributed by atoms with van der Waals surface area (Å²) in [5.74, 6) is 1.82. The largest absolute Gasteiger partial charge is 0.393 e. The minimum absolute atomic E-state index is 0.00218. The quantitative estimate of drug-likeness (QED) is 0.740. The smallest absolute Gasteiger partial charge is 0.178 e. The zero-order valence-corrected chi connectivity index (χ0v) is 12.9. The predicted octanol–water partition coefficient (Wildman–Crippen LogP) is 3.43. The fourth-order valence-corrected chi connectivity index (χ4v) is 5.62. The van der Waals surface area contributed by atoms with E-state index < -0.39 is 0 Å². The van der Waals surface area contributed by atoms with E-state index in [1.807, 2.05) is 6.08 Å². The van der Waals surface area contributed by atoms with Gasteiger partial charge in [-0.15, -0.1) is 0 Å². The second-order valence-electron chi connectivity index (χ2n) is 7.91. The number of rotatable bonds is 0. The van der Waals surface area contributed by atoms with Gasteiger partial charge in [-0.05, 0) is 66.6 Å². The van der Waals surface area contributed by atoms with Crippen LogP contribution in [0.3, 0.4) is 0 Å². The molecule has 0 spiro atoms. The lowest BCUT2D eigenvalue weighted by Crippen LogP contribution is -2.48. The molecule has 2 heteroatoms. The van der Waals surface area contributed by atoms with Crippen LogP contribution in [-0.2, 0) is 4.79 Å². The summed E-state index contributed by atoms with van der Waals surface area (Å²) < 4.78 is 0. The first kappa shape index (κ1) is 13.5. The average Bonchev–Trinajstić information content (AvgIpc) is 2.76. The molecule has 4 rings (SSSR count). The van der Waals surface area contributed by atoms with Crippen molar-refractivity contribution in [1.82, 2.24) is 0 Å². The molecule has 1 N–H and O–H groups in total. The summed E-state index contributed by atoms with van der Waals surface area (Å²) in [6.07, 6.45) is 14.4. The van der Waals surface area contributed by atoms with Crippen LogP contribution in [0.15, 0.2) is 36.0 Å². The Kier molecular flexibility index (Phi) is 2.70. The molecule has 0 amide bonds. The molecule has 0 aromatic heterocycles. The molecule has 0 heterocycles. The monoisotopic (exact) mass is 284 g/mol. The summed E-state index contributed by atoms with van der Waals surface area (Å²) in [5, 5.41) is 10.4. The number of aliphatic hydroxyl groups is 1. The maximum atomic E-state index is 11.7. The molecule has 0 aliphatic heterocycles. The van der Waals surface area contributed by atoms with Gasteiger partial charge in [0.1, 0.15) is 0 Å². The zero-order valence-electron chi connectivity index (χ0n) is 12.9. The number of hydrogen-bond acceptors (Lipinski definition) is 2. The predicted molar refractivity (Wildman–Crippen MR) is 82.5 cm³/mol. The van der Waals surface area contributed by atoms with Crippen LogP contribution in [-0.4, -0.2) is 17.0 Å². The number of aliphatic hydroxyl groups excluding tert-OH is 1. The molecule has 0 radical (unpaired) electrons. The van der Waals surface area contributed by atoms with Crippen molar-refractivity contribution in [3.05, 3.63) is 36.0 Å². The summed E-state index contributed by atoms with van der Waals surface area (Å²) in [6, 6.07) is 0. The van der Waals surface area contributed by atoms with Gasteiger partial charge in [0.05, 0.1) is 6.10 Å². The Morgan fingerprint density at radius 3 is 2.76 bits per heavy atom. The van der Waals surface area contributed by atoms with E-state index in [0.29, 0.717) is 17.8 Å². The van der Waals surface area contributed by atoms with Crippen molar-refractivity contribution >= 4 is 5.78 Å². The van der Waals surface area contributed by atoms with Crippen molar-refractivity contribution in [2.75, 3.05) is 0 Å². The maximum Gasteiger partial charge on any atom is 0.178 e. The molecule has 112 valence electrons. The Bertz CT molecular complexity index is 584. The molecule has 0 bridgehead atoms. The Morgan fingerprint density at radius 1 is 1.14 bits per heavy atom. The lowest BCUT2D eigenvalue weighted by molar-refractivity contribution is -0.110. The van der Waals surface area contributed by atoms with Gasteiger partial charge in [0.2, 0.25) is 0 Å². The Morgan fingerprint density at radius 2 is 1.95 bits per heavy atom. The molecule has 21 heavy (non-hydrogen) atoms. The average molecular weight is 284 g/mol. The van der Waals surface area contributed by atoms with Gasteiger partial charge >= 0.3 is 0 Å². The van der Waals surface area contributed by atoms with Crippen molar-refractivity contribution in [2.45, 2.75) is 45.6 Å². The number of hydrogen-bond donors (Lipinski definition) is 1. The Labute approximate surface area is 126 Å². The molecule has 0 aromatic carbocycles. The number of carbonyl (C=O) groups is 1. The van der Waals surface area contributed by atoms with Crippen molar-refractivity contribution in [1.29, 1.82) is 0 Å². The molecule has 2 nitrogen and oxygen atoms in total. The first-order valence-electron chi connectivity index (χ1n) is 8.27. The number of allylic oxidation sites excluding steroid dienone is 6. The van der Waals surface area contributed by atoms with E-state index in [1.54, 1.807) is 6.08 Å². The van der Waals surface area contributed by atoms with E-state index in [-0.39, 0.29) is 22.7 Å². The number of carbonyl (C=O) groups excluding carboxylic acids is 1. The summed E-state index contributed by atoms with van der Waals surface area (Å²) >= 11 is 0. The fraction of sp³-hybridized carbons (Fsp3) is 0.632. The minimum atomic E-state index is -0.134. The summed E-state index contributed by atoms with van der Waals surface area (Å²) in [6.45, 7) is 4.57. The highest BCUT2D eigenvalue weighted by molar-refractivity contribution is 6.01. The molecule has 0 aromatic rings. The lowest BCUT2D eigenvalue weighted by Gasteiger charge is -2.54. The van der Waals surface area contributed by atoms with Gasteiger partial charge in [-0.25, -0.2) is 0 Å². The van der Waals surface area contributed by atoms with E-state index in [0.717, 1.165) is 25.7 Å². The Hall–Kier alpha value is -1.15. The maximum absolute atomic E-state index is 11.7. The summed E-state index contributed by atoms with van der Waals surface area (Å²) in [4.78, 5) is 11.7. The van der Waals surface area contributed by atoms with Crippen LogP contribution in [0.2, 0.25) is 0 Å². The van der Waals surface area contributed by atoms with Gasteiger partial charge in [-0.1, -0.05) is 32.1 Å². The van der Waals surface area contributed by atoms with E-state index >= 15 is 0 Å². The third kappa shape index (κ3) is 1.66. The number of fused-ring (bicyclic) bond motifs is 5. The number of ketones is 1. The molecule has 4 aliphatic carbocycles. The lowest BCUT2D eigenvalue weighted by atomic mass is 9.50. The molecule has 6 unspecified atom stereocenters. The normalized spacial score (nSPS) is 51.2. The van der Waals surface area contributed by atoms with Crippen molar-refractivity contribution in [3.8, 4) is 0 Å². The van der Waals surface area contributed by atoms with Crippen LogP contribution in [0.5, 0.6) is 0 Å². The van der Waals surface area contributed by atoms with Gasteiger partial charge in [-0.2, -0.15) is 0 Å². The van der Waals surface area contributed by atoms with Gasteiger partial charge < -0.3 is 5.11 Å². The van der Waals surface area contributed by atoms with Crippen molar-refractivity contribution < 1.29 is 9.90 Å². The van der Waals surface area contributed by atoms with Crippen LogP contribution in [0.4, 0.5) is 0 Å². The highest BCUT2D eigenvalue weighted by Crippen LogP contribution is 2.62. The van der Waals surface area contributed by atoms with Crippen LogP contribution >= 0.6 is 0 Å². The Balaban J connectivity index is 1.77. The third-order valence-corrected chi connectivity index (χ3v) is 7.06. The molecule has 6 atom stereocenters. The second kappa shape index (κ2) is 4.19. The third-order valence-electron chi connectivity index (χ3n) is 7.06. The molecule has 2 fully saturated rings. The molecular weight excluding hydrogens is 260 g/mol. The molecular formula is C19H24O2. The van der Waals surface area contributed by atoms with Crippen molar-refractivity contribution in [2.24, 2.45) is 28.6 Å². The SMILES string of the molecule is CC12C=CC(=O)C=C1C=CC1C2CCC2(C)C(O)CCC12. The summed E-state index contributed by atoms with van der Waals surface area (Å²) in [5.41, 5.74) is 1.28. The van der Waals surface area contributed by atoms with Gasteiger partial charge in [0, 0.05) is 5.41 Å². The minimum Gasteiger partial charge on any atom is -0.393 e. The molecule has 4 aliphatic rings. The van der Waals surface area contributed by atoms with Crippen LogP contribution in [0.1, 0.15) is 39.5 Å². The van der Waals surface area contributed by atoms with E-state index in [2.05, 4.69) is 32.1 Å². The second-order valence-corrected chi connectivity index (χ2v) is 7.91. The highest BCUT2D eigenvalue weighted by atomic mass is 16.3. The fourth-order valence-electron chi connectivity index (χ4n) is 5.62. The van der Waals surface area contributed by atoms with Gasteiger partial charge in [0.15, 0.2) is 5.78 Å². The van der Waals surface area contributed by atoms with Crippen molar-refractivity contribution in [3.63, 3.8) is 0 Å². The van der Waals surface area contributed by atoms with Crippen LogP contribution in [0.25, 0.3) is 0 Å². The van der Waals surface area contributed by atoms with E-state index in [9.17, 15) is 9.90 Å². The standard InChI is InChI=1S/C19H24O2/c1-18-9-7-13(20)11-12(18)3-4-14-15-5-6-17(21)19(15,2)10-8-16(14)18/h3-4,7,9,11,14-17,21H,5-6,8,10H2,1-2H3. The van der Waals surface area contributed by atoms with Crippen LogP contribution in [0, 0.1) is 28.6 Å². The molecule has 0 saturated heterocycles. The summed E-state index contributed by atoms with van der Waals surface area (Å²) in [7, 11) is 0. The first-order chi connectivity index (χ1) is 9.95. The highest BCUT2D eigenvalue weighted by Gasteiger charge is 2.57. The van der Waals surface area contributed by atoms with Crippen LogP contribution < -0.4 is 0 Å². The van der Waals surface area contributed by atoms with Gasteiger partial charge in [-0.3, -0.25) is 4.79 Å². The zero-order chi connectivity index (χ0) is 14.8. The molecule has 2 saturated carbocycles.